The van der Waals surface area contributed by atoms with Gasteiger partial charge in [-0.1, -0.05) is 87.7 Å². The number of anilines is 1. The average Bonchev–Trinajstić information content (AvgIpc) is 3.58. The van der Waals surface area contributed by atoms with Gasteiger partial charge in [0, 0.05) is 18.3 Å². The number of carbonyl (C=O) groups is 3. The van der Waals surface area contributed by atoms with Gasteiger partial charge in [0.15, 0.2) is 0 Å². The maximum atomic E-state index is 14.1. The third-order valence-corrected chi connectivity index (χ3v) is 8.92. The van der Waals surface area contributed by atoms with Crippen molar-refractivity contribution < 1.29 is 19.1 Å². The van der Waals surface area contributed by atoms with Crippen molar-refractivity contribution >= 4 is 23.4 Å². The quantitative estimate of drug-likeness (QED) is 0.518. The van der Waals surface area contributed by atoms with Crippen molar-refractivity contribution in [2.75, 3.05) is 5.32 Å². The molecule has 0 aromatic heterocycles. The summed E-state index contributed by atoms with van der Waals surface area (Å²) in [4.78, 5) is 43.4. The Balaban J connectivity index is 1.29. The fourth-order valence-corrected chi connectivity index (χ4v) is 6.92. The summed E-state index contributed by atoms with van der Waals surface area (Å²) in [7, 11) is 0. The molecule has 204 valence electrons. The molecular formula is C32H37N3O4. The molecule has 2 bridgehead atoms. The van der Waals surface area contributed by atoms with Gasteiger partial charge in [-0.25, -0.2) is 0 Å². The Labute approximate surface area is 230 Å². The molecule has 0 unspecified atom stereocenters. The van der Waals surface area contributed by atoms with E-state index >= 15 is 0 Å². The van der Waals surface area contributed by atoms with Gasteiger partial charge in [0.1, 0.15) is 11.6 Å². The highest BCUT2D eigenvalue weighted by Crippen LogP contribution is 2.55. The number of likely N-dealkylation sites (tertiary alicyclic amines) is 1. The molecule has 4 aliphatic rings. The van der Waals surface area contributed by atoms with E-state index in [1.54, 1.807) is 4.90 Å². The van der Waals surface area contributed by atoms with Gasteiger partial charge < -0.3 is 20.3 Å². The number of benzene rings is 2. The lowest BCUT2D eigenvalue weighted by Crippen LogP contribution is -2.56. The van der Waals surface area contributed by atoms with Crippen LogP contribution in [0.3, 0.4) is 0 Å². The molecule has 5 atom stereocenters. The zero-order valence-electron chi connectivity index (χ0n) is 22.6. The Bertz CT molecular complexity index is 1270. The van der Waals surface area contributed by atoms with E-state index in [-0.39, 0.29) is 30.3 Å². The highest BCUT2D eigenvalue weighted by Gasteiger charge is 2.72. The Morgan fingerprint density at radius 1 is 1.00 bits per heavy atom. The molecular weight excluding hydrogens is 490 g/mol. The van der Waals surface area contributed by atoms with E-state index < -0.39 is 29.6 Å². The van der Waals surface area contributed by atoms with Crippen molar-refractivity contribution in [2.45, 2.75) is 82.2 Å². The number of fused-ring (bicyclic) bond motifs is 1. The number of nitrogens with zero attached hydrogens (tertiary/aromatic N) is 1. The minimum atomic E-state index is -1.15. The van der Waals surface area contributed by atoms with Crippen LogP contribution in [0.5, 0.6) is 0 Å². The van der Waals surface area contributed by atoms with Crippen LogP contribution in [0.15, 0.2) is 66.7 Å². The number of nitrogens with one attached hydrogen (secondary N) is 2. The number of carbonyl (C=O) groups excluding carboxylic acids is 3. The smallest absolute Gasteiger partial charge is 0.246 e. The first-order chi connectivity index (χ1) is 18.9. The van der Waals surface area contributed by atoms with E-state index in [2.05, 4.69) is 24.5 Å². The first kappa shape index (κ1) is 25.8. The Hall–Kier alpha value is -3.45. The van der Waals surface area contributed by atoms with Gasteiger partial charge in [-0.2, -0.15) is 0 Å². The zero-order chi connectivity index (χ0) is 27.1. The lowest BCUT2D eigenvalue weighted by molar-refractivity contribution is -0.142. The van der Waals surface area contributed by atoms with Crippen LogP contribution in [0.1, 0.15) is 63.0 Å². The first-order valence-electron chi connectivity index (χ1n) is 14.3. The van der Waals surface area contributed by atoms with Gasteiger partial charge in [0.25, 0.3) is 0 Å². The number of ether oxygens (including phenoxy) is 1. The van der Waals surface area contributed by atoms with Crippen LogP contribution in [0, 0.1) is 11.8 Å². The molecule has 3 amide bonds. The number of rotatable bonds is 7. The molecule has 2 N–H and O–H groups in total. The molecule has 39 heavy (non-hydrogen) atoms. The molecule has 1 spiro atoms. The second kappa shape index (κ2) is 10.3. The van der Waals surface area contributed by atoms with Gasteiger partial charge in [-0.15, -0.1) is 0 Å². The molecule has 2 aromatic carbocycles. The molecule has 1 aliphatic carbocycles. The normalized spacial score (nSPS) is 29.6. The summed E-state index contributed by atoms with van der Waals surface area (Å²) in [5.41, 5.74) is 1.65. The summed E-state index contributed by atoms with van der Waals surface area (Å²) in [6, 6.07) is 16.8. The van der Waals surface area contributed by atoms with E-state index in [0.717, 1.165) is 31.2 Å². The predicted octanol–water partition coefficient (Wildman–Crippen LogP) is 4.55. The molecule has 7 heteroatoms. The molecule has 1 saturated carbocycles. The lowest BCUT2D eigenvalue weighted by atomic mass is 9.74. The van der Waals surface area contributed by atoms with Crippen LogP contribution in [0.25, 0.3) is 0 Å². The van der Waals surface area contributed by atoms with Crippen LogP contribution in [-0.2, 0) is 25.7 Å². The van der Waals surface area contributed by atoms with Gasteiger partial charge in [-0.3, -0.25) is 14.4 Å². The highest BCUT2D eigenvalue weighted by molar-refractivity contribution is 6.02. The second-order valence-electron chi connectivity index (χ2n) is 11.8. The zero-order valence-corrected chi connectivity index (χ0v) is 22.6. The summed E-state index contributed by atoms with van der Waals surface area (Å²) in [5, 5.41) is 6.25. The van der Waals surface area contributed by atoms with Crippen molar-refractivity contribution in [3.8, 4) is 0 Å². The third-order valence-electron chi connectivity index (χ3n) is 8.92. The van der Waals surface area contributed by atoms with Crippen molar-refractivity contribution in [1.29, 1.82) is 0 Å². The van der Waals surface area contributed by atoms with E-state index in [0.29, 0.717) is 11.6 Å². The molecule has 6 rings (SSSR count). The molecule has 2 saturated heterocycles. The van der Waals surface area contributed by atoms with Crippen LogP contribution in [-0.4, -0.2) is 46.4 Å². The summed E-state index contributed by atoms with van der Waals surface area (Å²) < 4.78 is 6.47. The van der Waals surface area contributed by atoms with Gasteiger partial charge >= 0.3 is 0 Å². The van der Waals surface area contributed by atoms with Crippen LogP contribution < -0.4 is 10.6 Å². The van der Waals surface area contributed by atoms with Crippen LogP contribution in [0.2, 0.25) is 0 Å². The monoisotopic (exact) mass is 527 g/mol. The minimum Gasteiger partial charge on any atom is -0.359 e. The summed E-state index contributed by atoms with van der Waals surface area (Å²) >= 11 is 0. The molecule has 3 aliphatic heterocycles. The average molecular weight is 528 g/mol. The van der Waals surface area contributed by atoms with Crippen LogP contribution >= 0.6 is 0 Å². The summed E-state index contributed by atoms with van der Waals surface area (Å²) in [5.74, 6) is -1.72. The lowest BCUT2D eigenvalue weighted by Gasteiger charge is -2.34. The van der Waals surface area contributed by atoms with Gasteiger partial charge in [0.2, 0.25) is 17.7 Å². The standard InChI is InChI=1S/C32H37N3O4/c1-20(2)22-13-15-24(16-14-22)33-29(36)26-25-17-18-32(39-25)27(26)31(38)35(19-21-9-5-3-6-10-21)28(32)30(37)34-23-11-7-4-8-12-23/h3,5-6,9-10,13-18,20,23,25-28H,4,7-8,11-12,19H2,1-2H3,(H,33,36)(H,34,37)/t25-,26-,27-,28+,32-/m1/s1. The van der Waals surface area contributed by atoms with E-state index in [1.165, 1.54) is 12.0 Å². The van der Waals surface area contributed by atoms with E-state index in [9.17, 15) is 14.4 Å². The summed E-state index contributed by atoms with van der Waals surface area (Å²) in [6.07, 6.45) is 8.45. The minimum absolute atomic E-state index is 0.103. The van der Waals surface area contributed by atoms with E-state index in [4.69, 9.17) is 4.74 Å². The summed E-state index contributed by atoms with van der Waals surface area (Å²) in [6.45, 7) is 4.53. The Morgan fingerprint density at radius 3 is 2.41 bits per heavy atom. The number of amides is 3. The fraction of sp³-hybridized carbons (Fsp3) is 0.469. The number of hydrogen-bond acceptors (Lipinski definition) is 4. The SMILES string of the molecule is CC(C)c1ccc(NC(=O)[C@@H]2[C@H]3C=C[C@]4(O3)[C@H](C(=O)NC3CCCCC3)N(Cc3ccccc3)C(=O)[C@@H]24)cc1. The Morgan fingerprint density at radius 2 is 1.72 bits per heavy atom. The van der Waals surface area contributed by atoms with Gasteiger partial charge in [-0.05, 0) is 42.0 Å². The number of hydrogen-bond donors (Lipinski definition) is 2. The maximum absolute atomic E-state index is 14.1. The fourth-order valence-electron chi connectivity index (χ4n) is 6.92. The highest BCUT2D eigenvalue weighted by atomic mass is 16.5. The Kier molecular flexibility index (Phi) is 6.79. The topological polar surface area (TPSA) is 87.7 Å². The van der Waals surface area contributed by atoms with Crippen molar-refractivity contribution in [1.82, 2.24) is 10.2 Å². The van der Waals surface area contributed by atoms with E-state index in [1.807, 2.05) is 66.7 Å². The molecule has 2 aromatic rings. The second-order valence-corrected chi connectivity index (χ2v) is 11.8. The molecule has 0 radical (unpaired) electrons. The van der Waals surface area contributed by atoms with Crippen molar-refractivity contribution in [3.63, 3.8) is 0 Å². The molecule has 7 nitrogen and oxygen atoms in total. The van der Waals surface area contributed by atoms with Crippen LogP contribution in [0.4, 0.5) is 5.69 Å². The largest absolute Gasteiger partial charge is 0.359 e. The van der Waals surface area contributed by atoms with Gasteiger partial charge in [0.05, 0.1) is 17.9 Å². The third kappa shape index (κ3) is 4.56. The predicted molar refractivity (Wildman–Crippen MR) is 149 cm³/mol. The van der Waals surface area contributed by atoms with Crippen molar-refractivity contribution in [3.05, 3.63) is 77.9 Å². The maximum Gasteiger partial charge on any atom is 0.246 e. The molecule has 3 heterocycles. The molecule has 3 fully saturated rings. The first-order valence-corrected chi connectivity index (χ1v) is 14.3. The van der Waals surface area contributed by atoms with Crippen molar-refractivity contribution in [2.24, 2.45) is 11.8 Å².